The lowest BCUT2D eigenvalue weighted by Crippen LogP contribution is -2.30. The molecule has 3 heteroatoms. The van der Waals surface area contributed by atoms with Crippen LogP contribution in [0, 0.1) is 0 Å². The van der Waals surface area contributed by atoms with E-state index in [-0.39, 0.29) is 12.2 Å². The number of carbonyl (C=O) groups excluding carboxylic acids is 1. The zero-order valence-electron chi connectivity index (χ0n) is 10.7. The van der Waals surface area contributed by atoms with Crippen LogP contribution < -0.4 is 0 Å². The molecule has 0 amide bonds. The molecule has 1 aromatic carbocycles. The van der Waals surface area contributed by atoms with Gasteiger partial charge in [0.25, 0.3) is 0 Å². The molecule has 0 aliphatic rings. The average Bonchev–Trinajstić information content (AvgIpc) is 2.38. The number of hydrogen-bond donors (Lipinski definition) is 1. The molecular weight excluding hydrogens is 232 g/mol. The Hall–Kier alpha value is -0.800. The van der Waals surface area contributed by atoms with Gasteiger partial charge in [-0.25, -0.2) is 0 Å². The minimum atomic E-state index is -0.852. The first-order chi connectivity index (χ1) is 8.04. The van der Waals surface area contributed by atoms with Gasteiger partial charge in [-0.1, -0.05) is 26.0 Å². The molecule has 0 saturated heterocycles. The molecule has 2 nitrogen and oxygen atoms in total. The van der Waals surface area contributed by atoms with Crippen LogP contribution in [0.3, 0.4) is 0 Å². The summed E-state index contributed by atoms with van der Waals surface area (Å²) >= 11 is 1.65. The Bertz CT molecular complexity index is 366. The summed E-state index contributed by atoms with van der Waals surface area (Å²) in [5, 5.41) is 10.1. The third kappa shape index (κ3) is 3.86. The molecule has 0 spiro atoms. The summed E-state index contributed by atoms with van der Waals surface area (Å²) in [4.78, 5) is 13.2. The summed E-state index contributed by atoms with van der Waals surface area (Å²) in [6.07, 6.45) is 3.43. The van der Waals surface area contributed by atoms with E-state index in [1.807, 2.05) is 44.4 Å². The number of rotatable bonds is 6. The fourth-order valence-electron chi connectivity index (χ4n) is 1.68. The van der Waals surface area contributed by atoms with E-state index in [9.17, 15) is 9.90 Å². The Morgan fingerprint density at radius 2 is 1.76 bits per heavy atom. The largest absolute Gasteiger partial charge is 0.389 e. The second-order valence-corrected chi connectivity index (χ2v) is 5.14. The van der Waals surface area contributed by atoms with Gasteiger partial charge in [-0.2, -0.15) is 0 Å². The van der Waals surface area contributed by atoms with Gasteiger partial charge in [-0.3, -0.25) is 4.79 Å². The summed E-state index contributed by atoms with van der Waals surface area (Å²) in [6, 6.07) is 7.55. The highest BCUT2D eigenvalue weighted by atomic mass is 32.2. The molecule has 0 unspecified atom stereocenters. The van der Waals surface area contributed by atoms with Crippen LogP contribution in [-0.2, 0) is 0 Å². The lowest BCUT2D eigenvalue weighted by Gasteiger charge is -2.24. The molecule has 0 bridgehead atoms. The van der Waals surface area contributed by atoms with Gasteiger partial charge in [-0.05, 0) is 31.2 Å². The standard InChI is InChI=1S/C14H20O2S/c1-4-14(16,5-2)10-13(15)11-6-8-12(17-3)9-7-11/h6-9,16H,4-5,10H2,1-3H3. The van der Waals surface area contributed by atoms with Crippen molar-refractivity contribution < 1.29 is 9.90 Å². The zero-order valence-corrected chi connectivity index (χ0v) is 11.5. The summed E-state index contributed by atoms with van der Waals surface area (Å²) in [6.45, 7) is 3.82. The fourth-order valence-corrected chi connectivity index (χ4v) is 2.09. The number of Topliss-reactive ketones (excluding diaryl/α,β-unsaturated/α-hetero) is 1. The van der Waals surface area contributed by atoms with Gasteiger partial charge in [0.1, 0.15) is 0 Å². The molecule has 0 aliphatic heterocycles. The molecule has 0 fully saturated rings. The van der Waals surface area contributed by atoms with Gasteiger partial charge in [0, 0.05) is 16.9 Å². The molecule has 0 heterocycles. The van der Waals surface area contributed by atoms with Gasteiger partial charge in [0.2, 0.25) is 0 Å². The van der Waals surface area contributed by atoms with Crippen LogP contribution in [0.25, 0.3) is 0 Å². The highest BCUT2D eigenvalue weighted by Crippen LogP contribution is 2.23. The summed E-state index contributed by atoms with van der Waals surface area (Å²) in [5.41, 5.74) is -0.168. The molecule has 1 rings (SSSR count). The van der Waals surface area contributed by atoms with Crippen LogP contribution in [0.15, 0.2) is 29.2 Å². The van der Waals surface area contributed by atoms with Crippen LogP contribution in [-0.4, -0.2) is 22.7 Å². The van der Waals surface area contributed by atoms with Crippen LogP contribution >= 0.6 is 11.8 Å². The number of benzene rings is 1. The van der Waals surface area contributed by atoms with E-state index in [1.54, 1.807) is 11.8 Å². The topological polar surface area (TPSA) is 37.3 Å². The lowest BCUT2D eigenvalue weighted by atomic mass is 9.89. The molecule has 1 N–H and O–H groups in total. The average molecular weight is 252 g/mol. The Kier molecular flexibility index (Phi) is 5.22. The van der Waals surface area contributed by atoms with Crippen molar-refractivity contribution in [3.8, 4) is 0 Å². The Balaban J connectivity index is 2.75. The van der Waals surface area contributed by atoms with E-state index in [0.717, 1.165) is 4.90 Å². The quantitative estimate of drug-likeness (QED) is 0.621. The predicted octanol–water partition coefficient (Wildman–Crippen LogP) is 3.53. The van der Waals surface area contributed by atoms with E-state index in [2.05, 4.69) is 0 Å². The first kappa shape index (κ1) is 14.3. The van der Waals surface area contributed by atoms with Gasteiger partial charge in [-0.15, -0.1) is 11.8 Å². The molecule has 17 heavy (non-hydrogen) atoms. The zero-order chi connectivity index (χ0) is 12.9. The Morgan fingerprint density at radius 1 is 1.24 bits per heavy atom. The van der Waals surface area contributed by atoms with Crippen molar-refractivity contribution in [3.63, 3.8) is 0 Å². The summed E-state index contributed by atoms with van der Waals surface area (Å²) in [7, 11) is 0. The maximum atomic E-state index is 12.0. The van der Waals surface area contributed by atoms with Crippen LogP contribution in [0.1, 0.15) is 43.5 Å². The van der Waals surface area contributed by atoms with Crippen molar-refractivity contribution in [2.24, 2.45) is 0 Å². The molecular formula is C14H20O2S. The van der Waals surface area contributed by atoms with E-state index in [4.69, 9.17) is 0 Å². The third-order valence-corrected chi connectivity index (χ3v) is 3.96. The number of thioether (sulfide) groups is 1. The van der Waals surface area contributed by atoms with Crippen molar-refractivity contribution in [2.45, 2.75) is 43.6 Å². The Morgan fingerprint density at radius 3 is 2.18 bits per heavy atom. The Labute approximate surface area is 107 Å². The lowest BCUT2D eigenvalue weighted by molar-refractivity contribution is 0.0243. The predicted molar refractivity (Wildman–Crippen MR) is 72.7 cm³/mol. The highest BCUT2D eigenvalue weighted by molar-refractivity contribution is 7.98. The van der Waals surface area contributed by atoms with Gasteiger partial charge >= 0.3 is 0 Å². The highest BCUT2D eigenvalue weighted by Gasteiger charge is 2.26. The van der Waals surface area contributed by atoms with Crippen molar-refractivity contribution in [2.75, 3.05) is 6.26 Å². The SMILES string of the molecule is CCC(O)(CC)CC(=O)c1ccc(SC)cc1. The molecule has 0 aromatic heterocycles. The second-order valence-electron chi connectivity index (χ2n) is 4.26. The monoisotopic (exact) mass is 252 g/mol. The maximum Gasteiger partial charge on any atom is 0.165 e. The first-order valence-corrected chi connectivity index (χ1v) is 7.16. The normalized spacial score (nSPS) is 11.5. The van der Waals surface area contributed by atoms with Crippen molar-refractivity contribution in [1.29, 1.82) is 0 Å². The van der Waals surface area contributed by atoms with Crippen molar-refractivity contribution >= 4 is 17.5 Å². The molecule has 0 radical (unpaired) electrons. The molecule has 1 aromatic rings. The summed E-state index contributed by atoms with van der Waals surface area (Å²) in [5.74, 6) is 0.0175. The fraction of sp³-hybridized carbons (Fsp3) is 0.500. The second kappa shape index (κ2) is 6.22. The molecule has 0 atom stereocenters. The van der Waals surface area contributed by atoms with Crippen molar-refractivity contribution in [1.82, 2.24) is 0 Å². The van der Waals surface area contributed by atoms with E-state index >= 15 is 0 Å². The minimum absolute atomic E-state index is 0.0175. The van der Waals surface area contributed by atoms with E-state index in [0.29, 0.717) is 18.4 Å². The van der Waals surface area contributed by atoms with E-state index < -0.39 is 5.60 Å². The van der Waals surface area contributed by atoms with Gasteiger partial charge in [0.15, 0.2) is 5.78 Å². The molecule has 0 aliphatic carbocycles. The van der Waals surface area contributed by atoms with Gasteiger partial charge < -0.3 is 5.11 Å². The smallest absolute Gasteiger partial charge is 0.165 e. The number of hydrogen-bond acceptors (Lipinski definition) is 3. The summed E-state index contributed by atoms with van der Waals surface area (Å²) < 4.78 is 0. The number of carbonyl (C=O) groups is 1. The number of ketones is 1. The van der Waals surface area contributed by atoms with Gasteiger partial charge in [0.05, 0.1) is 5.60 Å². The molecule has 0 saturated carbocycles. The maximum absolute atomic E-state index is 12.0. The molecule has 94 valence electrons. The van der Waals surface area contributed by atoms with Crippen LogP contribution in [0.5, 0.6) is 0 Å². The minimum Gasteiger partial charge on any atom is -0.389 e. The van der Waals surface area contributed by atoms with Crippen LogP contribution in [0.4, 0.5) is 0 Å². The first-order valence-electron chi connectivity index (χ1n) is 5.94. The van der Waals surface area contributed by atoms with E-state index in [1.165, 1.54) is 0 Å². The number of aliphatic hydroxyl groups is 1. The van der Waals surface area contributed by atoms with Crippen LogP contribution in [0.2, 0.25) is 0 Å². The third-order valence-electron chi connectivity index (χ3n) is 3.22. The van der Waals surface area contributed by atoms with Crippen molar-refractivity contribution in [3.05, 3.63) is 29.8 Å².